The van der Waals surface area contributed by atoms with Gasteiger partial charge in [-0.1, -0.05) is 0 Å². The van der Waals surface area contributed by atoms with Gasteiger partial charge in [-0.25, -0.2) is 4.79 Å². The first kappa shape index (κ1) is 11.0. The molecular formula is C9H13NO3S. The van der Waals surface area contributed by atoms with E-state index in [1.807, 2.05) is 6.92 Å². The highest BCUT2D eigenvalue weighted by Crippen LogP contribution is 2.19. The highest BCUT2D eigenvalue weighted by Gasteiger charge is 2.13. The summed E-state index contributed by atoms with van der Waals surface area (Å²) >= 11 is 1.28. The van der Waals surface area contributed by atoms with Gasteiger partial charge in [0.2, 0.25) is 0 Å². The molecule has 1 rings (SSSR count). The second-order valence-corrected chi connectivity index (χ2v) is 3.77. The molecule has 1 unspecified atom stereocenters. The molecule has 0 aliphatic carbocycles. The molecule has 78 valence electrons. The second-order valence-electron chi connectivity index (χ2n) is 2.85. The number of hydrogen-bond acceptors (Lipinski definition) is 5. The Hall–Kier alpha value is -1.07. The molecule has 0 saturated carbocycles. The molecule has 1 atom stereocenters. The van der Waals surface area contributed by atoms with Crippen molar-refractivity contribution >= 4 is 23.0 Å². The molecule has 0 bridgehead atoms. The standard InChI is InChI=1S/C9H13NO3S/c1-6(12-2)5-13-9(11)8-7(10)3-4-14-8/h3-4,6H,5,10H2,1-2H3. The minimum atomic E-state index is -0.388. The topological polar surface area (TPSA) is 61.5 Å². The van der Waals surface area contributed by atoms with E-state index in [1.165, 1.54) is 11.3 Å². The molecule has 14 heavy (non-hydrogen) atoms. The number of carbonyl (C=O) groups excluding carboxylic acids is 1. The first-order chi connectivity index (χ1) is 6.65. The Labute approximate surface area is 86.6 Å². The lowest BCUT2D eigenvalue weighted by molar-refractivity contribution is 0.0174. The molecule has 0 aliphatic heterocycles. The van der Waals surface area contributed by atoms with E-state index < -0.39 is 0 Å². The molecule has 0 aliphatic rings. The number of methoxy groups -OCH3 is 1. The number of thiophene rings is 1. The number of nitrogens with two attached hydrogens (primary N) is 1. The van der Waals surface area contributed by atoms with Gasteiger partial charge in [-0.2, -0.15) is 0 Å². The van der Waals surface area contributed by atoms with Crippen molar-refractivity contribution in [2.24, 2.45) is 0 Å². The number of nitrogen functional groups attached to an aromatic ring is 1. The molecule has 0 radical (unpaired) electrons. The Balaban J connectivity index is 2.47. The van der Waals surface area contributed by atoms with Gasteiger partial charge in [-0.05, 0) is 18.4 Å². The summed E-state index contributed by atoms with van der Waals surface area (Å²) in [5, 5.41) is 1.76. The predicted octanol–water partition coefficient (Wildman–Crippen LogP) is 1.52. The number of carbonyl (C=O) groups is 1. The SMILES string of the molecule is COC(C)COC(=O)c1sccc1N. The van der Waals surface area contributed by atoms with E-state index in [-0.39, 0.29) is 18.7 Å². The summed E-state index contributed by atoms with van der Waals surface area (Å²) in [5.74, 6) is -0.388. The quantitative estimate of drug-likeness (QED) is 0.773. The molecular weight excluding hydrogens is 202 g/mol. The van der Waals surface area contributed by atoms with Crippen LogP contribution in [-0.4, -0.2) is 25.8 Å². The van der Waals surface area contributed by atoms with Crippen molar-refractivity contribution in [2.45, 2.75) is 13.0 Å². The van der Waals surface area contributed by atoms with Crippen LogP contribution in [0.25, 0.3) is 0 Å². The average molecular weight is 215 g/mol. The second kappa shape index (κ2) is 4.97. The van der Waals surface area contributed by atoms with Gasteiger partial charge in [-0.3, -0.25) is 0 Å². The van der Waals surface area contributed by atoms with Crippen molar-refractivity contribution in [2.75, 3.05) is 19.5 Å². The van der Waals surface area contributed by atoms with Gasteiger partial charge in [0.25, 0.3) is 0 Å². The fraction of sp³-hybridized carbons (Fsp3) is 0.444. The maximum absolute atomic E-state index is 11.4. The van der Waals surface area contributed by atoms with Gasteiger partial charge in [-0.15, -0.1) is 11.3 Å². The van der Waals surface area contributed by atoms with Crippen molar-refractivity contribution < 1.29 is 14.3 Å². The molecule has 2 N–H and O–H groups in total. The Bertz CT molecular complexity index is 311. The normalized spacial score (nSPS) is 12.4. The monoisotopic (exact) mass is 215 g/mol. The summed E-state index contributed by atoms with van der Waals surface area (Å²) in [7, 11) is 1.57. The lowest BCUT2D eigenvalue weighted by Crippen LogP contribution is -2.17. The van der Waals surface area contributed by atoms with Crippen LogP contribution < -0.4 is 5.73 Å². The average Bonchev–Trinajstić information content (AvgIpc) is 2.60. The zero-order valence-electron chi connectivity index (χ0n) is 8.15. The smallest absolute Gasteiger partial charge is 0.350 e. The zero-order chi connectivity index (χ0) is 10.6. The Morgan fingerprint density at radius 2 is 2.43 bits per heavy atom. The molecule has 0 aromatic carbocycles. The maximum atomic E-state index is 11.4. The highest BCUT2D eigenvalue weighted by atomic mass is 32.1. The predicted molar refractivity (Wildman–Crippen MR) is 55.5 cm³/mol. The van der Waals surface area contributed by atoms with Gasteiger partial charge in [0.15, 0.2) is 0 Å². The number of hydrogen-bond donors (Lipinski definition) is 1. The van der Waals surface area contributed by atoms with Gasteiger partial charge < -0.3 is 15.2 Å². The Kier molecular flexibility index (Phi) is 3.91. The van der Waals surface area contributed by atoms with E-state index in [9.17, 15) is 4.79 Å². The van der Waals surface area contributed by atoms with Crippen LogP contribution in [0.4, 0.5) is 5.69 Å². The molecule has 0 amide bonds. The summed E-state index contributed by atoms with van der Waals surface area (Å²) < 4.78 is 9.93. The van der Waals surface area contributed by atoms with Gasteiger partial charge in [0.1, 0.15) is 11.5 Å². The van der Waals surface area contributed by atoms with Crippen LogP contribution >= 0.6 is 11.3 Å². The summed E-state index contributed by atoms with van der Waals surface area (Å²) in [6.45, 7) is 2.07. The Morgan fingerprint density at radius 1 is 1.71 bits per heavy atom. The lowest BCUT2D eigenvalue weighted by Gasteiger charge is -2.09. The number of ether oxygens (including phenoxy) is 2. The van der Waals surface area contributed by atoms with E-state index in [4.69, 9.17) is 15.2 Å². The van der Waals surface area contributed by atoms with Crippen molar-refractivity contribution in [3.05, 3.63) is 16.3 Å². The van der Waals surface area contributed by atoms with Crippen LogP contribution in [0.5, 0.6) is 0 Å². The van der Waals surface area contributed by atoms with Crippen molar-refractivity contribution in [1.82, 2.24) is 0 Å². The van der Waals surface area contributed by atoms with E-state index in [1.54, 1.807) is 18.6 Å². The minimum absolute atomic E-state index is 0.0971. The minimum Gasteiger partial charge on any atom is -0.459 e. The first-order valence-corrected chi connectivity index (χ1v) is 5.06. The fourth-order valence-electron chi connectivity index (χ4n) is 0.812. The molecule has 4 nitrogen and oxygen atoms in total. The number of anilines is 1. The van der Waals surface area contributed by atoms with Crippen molar-refractivity contribution in [3.8, 4) is 0 Å². The van der Waals surface area contributed by atoms with Crippen molar-refractivity contribution in [3.63, 3.8) is 0 Å². The zero-order valence-corrected chi connectivity index (χ0v) is 8.97. The van der Waals surface area contributed by atoms with Crippen LogP contribution in [0.2, 0.25) is 0 Å². The van der Waals surface area contributed by atoms with Crippen LogP contribution in [0.1, 0.15) is 16.6 Å². The summed E-state index contributed by atoms with van der Waals surface area (Å²) in [6.07, 6.45) is -0.0971. The van der Waals surface area contributed by atoms with Crippen LogP contribution in [-0.2, 0) is 9.47 Å². The third-order valence-electron chi connectivity index (χ3n) is 1.73. The van der Waals surface area contributed by atoms with E-state index in [0.717, 1.165) is 0 Å². The number of rotatable bonds is 4. The molecule has 0 fully saturated rings. The summed E-state index contributed by atoms with van der Waals surface area (Å²) in [6, 6.07) is 1.68. The fourth-order valence-corrected chi connectivity index (χ4v) is 1.52. The van der Waals surface area contributed by atoms with E-state index in [2.05, 4.69) is 0 Å². The van der Waals surface area contributed by atoms with E-state index in [0.29, 0.717) is 10.6 Å². The molecule has 1 heterocycles. The van der Waals surface area contributed by atoms with Crippen molar-refractivity contribution in [1.29, 1.82) is 0 Å². The summed E-state index contributed by atoms with van der Waals surface area (Å²) in [4.78, 5) is 11.9. The van der Waals surface area contributed by atoms with Gasteiger partial charge in [0.05, 0.1) is 11.8 Å². The molecule has 1 aromatic heterocycles. The lowest BCUT2D eigenvalue weighted by atomic mass is 10.4. The third kappa shape index (κ3) is 2.71. The molecule has 0 saturated heterocycles. The molecule has 1 aromatic rings. The van der Waals surface area contributed by atoms with Crippen LogP contribution in [0, 0.1) is 0 Å². The molecule has 5 heteroatoms. The number of esters is 1. The van der Waals surface area contributed by atoms with Crippen LogP contribution in [0.3, 0.4) is 0 Å². The van der Waals surface area contributed by atoms with Gasteiger partial charge >= 0.3 is 5.97 Å². The van der Waals surface area contributed by atoms with Crippen LogP contribution in [0.15, 0.2) is 11.4 Å². The summed E-state index contributed by atoms with van der Waals surface area (Å²) in [5.41, 5.74) is 6.02. The van der Waals surface area contributed by atoms with E-state index >= 15 is 0 Å². The highest BCUT2D eigenvalue weighted by molar-refractivity contribution is 7.12. The first-order valence-electron chi connectivity index (χ1n) is 4.18. The maximum Gasteiger partial charge on any atom is 0.350 e. The third-order valence-corrected chi connectivity index (χ3v) is 2.64. The van der Waals surface area contributed by atoms with Gasteiger partial charge in [0, 0.05) is 7.11 Å². The largest absolute Gasteiger partial charge is 0.459 e. The molecule has 0 spiro atoms. The Morgan fingerprint density at radius 3 is 2.93 bits per heavy atom.